The predicted molar refractivity (Wildman–Crippen MR) is 127 cm³/mol. The molecule has 0 aromatic heterocycles. The van der Waals surface area contributed by atoms with Crippen molar-refractivity contribution in [2.45, 2.75) is 6.04 Å². The van der Waals surface area contributed by atoms with E-state index in [-0.39, 0.29) is 38.9 Å². The van der Waals surface area contributed by atoms with Gasteiger partial charge in [-0.15, -0.1) is 0 Å². The minimum atomic E-state index is -1.30. The summed E-state index contributed by atoms with van der Waals surface area (Å²) in [6, 6.07) is 15.0. The number of nitriles is 1. The monoisotopic (exact) mass is 492 g/mol. The van der Waals surface area contributed by atoms with Gasteiger partial charge in [0.05, 0.1) is 48.1 Å². The van der Waals surface area contributed by atoms with Gasteiger partial charge in [-0.1, -0.05) is 29.8 Å². The van der Waals surface area contributed by atoms with Crippen LogP contribution in [0.25, 0.3) is 5.76 Å². The lowest BCUT2D eigenvalue weighted by molar-refractivity contribution is -0.132. The van der Waals surface area contributed by atoms with Gasteiger partial charge in [-0.2, -0.15) is 5.26 Å². The Kier molecular flexibility index (Phi) is 6.45. The summed E-state index contributed by atoms with van der Waals surface area (Å²) >= 11 is 6.24. The number of carbonyl (C=O) groups excluding carboxylic acids is 2. The van der Waals surface area contributed by atoms with Gasteiger partial charge < -0.3 is 14.6 Å². The largest absolute Gasteiger partial charge is 0.507 e. The van der Waals surface area contributed by atoms with Crippen LogP contribution < -0.4 is 14.4 Å². The number of carbonyl (C=O) groups is 2. The number of ether oxygens (including phenoxy) is 2. The molecule has 0 bridgehead atoms. The van der Waals surface area contributed by atoms with E-state index in [0.29, 0.717) is 5.56 Å². The van der Waals surface area contributed by atoms with E-state index in [1.807, 2.05) is 6.07 Å². The van der Waals surface area contributed by atoms with Crippen molar-refractivity contribution in [2.75, 3.05) is 19.1 Å². The number of ketones is 1. The molecular formula is C26H18ClFN2O5. The van der Waals surface area contributed by atoms with Crippen LogP contribution in [0.4, 0.5) is 10.1 Å². The zero-order valence-corrected chi connectivity index (χ0v) is 19.3. The normalized spacial score (nSPS) is 16.8. The Hall–Kier alpha value is -4.35. The first-order valence-electron chi connectivity index (χ1n) is 10.3. The summed E-state index contributed by atoms with van der Waals surface area (Å²) in [6.45, 7) is 0. The van der Waals surface area contributed by atoms with Crippen molar-refractivity contribution in [1.29, 1.82) is 5.26 Å². The molecule has 35 heavy (non-hydrogen) atoms. The Morgan fingerprint density at radius 1 is 1.06 bits per heavy atom. The highest BCUT2D eigenvalue weighted by molar-refractivity contribution is 6.51. The van der Waals surface area contributed by atoms with Crippen LogP contribution in [-0.2, 0) is 9.59 Å². The number of hydrogen-bond acceptors (Lipinski definition) is 6. The molecule has 7 nitrogen and oxygen atoms in total. The Bertz CT molecular complexity index is 1410. The number of Topliss-reactive ketones (excluding diaryl/α,β-unsaturated/α-hetero) is 1. The van der Waals surface area contributed by atoms with Crippen LogP contribution in [0.15, 0.2) is 66.2 Å². The van der Waals surface area contributed by atoms with E-state index in [2.05, 4.69) is 0 Å². The molecular weight excluding hydrogens is 475 g/mol. The lowest BCUT2D eigenvalue weighted by atomic mass is 9.94. The average Bonchev–Trinajstić information content (AvgIpc) is 3.13. The van der Waals surface area contributed by atoms with Gasteiger partial charge in [-0.3, -0.25) is 14.5 Å². The smallest absolute Gasteiger partial charge is 0.300 e. The second kappa shape index (κ2) is 9.49. The van der Waals surface area contributed by atoms with E-state index in [4.69, 9.17) is 26.3 Å². The molecule has 3 aromatic rings. The number of amides is 1. The Labute approximate surface area is 205 Å². The maximum Gasteiger partial charge on any atom is 0.300 e. The molecule has 1 heterocycles. The highest BCUT2D eigenvalue weighted by Crippen LogP contribution is 2.45. The molecule has 1 saturated heterocycles. The summed E-state index contributed by atoms with van der Waals surface area (Å²) in [5, 5.41) is 20.5. The molecule has 0 radical (unpaired) electrons. The van der Waals surface area contributed by atoms with Crippen molar-refractivity contribution in [3.63, 3.8) is 0 Å². The summed E-state index contributed by atoms with van der Waals surface area (Å²) in [6.07, 6.45) is 0. The third-order valence-electron chi connectivity index (χ3n) is 5.65. The number of methoxy groups -OCH3 is 2. The molecule has 1 aliphatic heterocycles. The van der Waals surface area contributed by atoms with Crippen LogP contribution in [0.3, 0.4) is 0 Å². The fraction of sp³-hybridized carbons (Fsp3) is 0.115. The summed E-state index contributed by atoms with van der Waals surface area (Å²) in [7, 11) is 2.75. The number of anilines is 1. The van der Waals surface area contributed by atoms with Crippen LogP contribution in [0.1, 0.15) is 22.7 Å². The van der Waals surface area contributed by atoms with E-state index in [1.165, 1.54) is 68.8 Å². The maximum atomic E-state index is 15.0. The van der Waals surface area contributed by atoms with Crippen molar-refractivity contribution in [3.05, 3.63) is 93.8 Å². The van der Waals surface area contributed by atoms with Crippen molar-refractivity contribution in [3.8, 4) is 17.6 Å². The van der Waals surface area contributed by atoms with Crippen molar-refractivity contribution < 1.29 is 28.6 Å². The molecule has 0 spiro atoms. The molecule has 4 rings (SSSR count). The number of aliphatic hydroxyl groups is 1. The molecule has 176 valence electrons. The fourth-order valence-corrected chi connectivity index (χ4v) is 4.22. The van der Waals surface area contributed by atoms with E-state index in [9.17, 15) is 19.1 Å². The summed E-state index contributed by atoms with van der Waals surface area (Å²) in [5.41, 5.74) is 0.265. The number of hydrogen-bond donors (Lipinski definition) is 1. The van der Waals surface area contributed by atoms with Crippen LogP contribution in [0.5, 0.6) is 11.5 Å². The maximum absolute atomic E-state index is 15.0. The topological polar surface area (TPSA) is 99.9 Å². The third kappa shape index (κ3) is 4.07. The highest BCUT2D eigenvalue weighted by Gasteiger charge is 2.48. The van der Waals surface area contributed by atoms with Gasteiger partial charge in [0.2, 0.25) is 0 Å². The van der Waals surface area contributed by atoms with Crippen molar-refractivity contribution >= 4 is 34.7 Å². The first kappa shape index (κ1) is 23.8. The molecule has 1 unspecified atom stereocenters. The van der Waals surface area contributed by atoms with E-state index >= 15 is 0 Å². The standard InChI is InChI=1S/C26H18ClFN2O5/c1-34-20-12-21(35-2)18(27)11-17(20)24(31)22-23(16-5-3-4-6-19(16)28)30(26(33)25(22)32)15-9-7-14(13-29)8-10-15/h3-12,23,31H,1-2H3/b24-22+. The first-order valence-corrected chi connectivity index (χ1v) is 10.7. The van der Waals surface area contributed by atoms with Gasteiger partial charge in [-0.05, 0) is 36.4 Å². The van der Waals surface area contributed by atoms with Gasteiger partial charge in [0.15, 0.2) is 0 Å². The molecule has 1 fully saturated rings. The van der Waals surface area contributed by atoms with Gasteiger partial charge in [0.1, 0.15) is 23.1 Å². The predicted octanol–water partition coefficient (Wildman–Crippen LogP) is 4.99. The molecule has 0 aliphatic carbocycles. The van der Waals surface area contributed by atoms with Crippen molar-refractivity contribution in [2.24, 2.45) is 0 Å². The van der Waals surface area contributed by atoms with Gasteiger partial charge in [0.25, 0.3) is 11.7 Å². The molecule has 1 atom stereocenters. The number of aliphatic hydroxyl groups excluding tert-OH is 1. The quantitative estimate of drug-likeness (QED) is 0.306. The van der Waals surface area contributed by atoms with Gasteiger partial charge in [-0.25, -0.2) is 4.39 Å². The number of benzene rings is 3. The zero-order valence-electron chi connectivity index (χ0n) is 18.6. The summed E-state index contributed by atoms with van der Waals surface area (Å²) in [4.78, 5) is 27.5. The van der Waals surface area contributed by atoms with Crippen LogP contribution in [0.2, 0.25) is 5.02 Å². The zero-order chi connectivity index (χ0) is 25.3. The molecule has 0 saturated carbocycles. The second-order valence-electron chi connectivity index (χ2n) is 7.54. The fourth-order valence-electron chi connectivity index (χ4n) is 3.98. The van der Waals surface area contributed by atoms with Crippen molar-refractivity contribution in [1.82, 2.24) is 0 Å². The lowest BCUT2D eigenvalue weighted by Crippen LogP contribution is -2.29. The molecule has 9 heteroatoms. The Morgan fingerprint density at radius 2 is 1.71 bits per heavy atom. The number of halogens is 2. The Morgan fingerprint density at radius 3 is 2.31 bits per heavy atom. The summed E-state index contributed by atoms with van der Waals surface area (Å²) < 4.78 is 25.5. The molecule has 1 aliphatic rings. The average molecular weight is 493 g/mol. The minimum absolute atomic E-state index is 0.00353. The minimum Gasteiger partial charge on any atom is -0.507 e. The van der Waals surface area contributed by atoms with E-state index in [0.717, 1.165) is 4.90 Å². The number of rotatable bonds is 5. The van der Waals surface area contributed by atoms with Crippen LogP contribution in [0, 0.1) is 17.1 Å². The molecule has 1 N–H and O–H groups in total. The number of nitrogens with zero attached hydrogens (tertiary/aromatic N) is 2. The summed E-state index contributed by atoms with van der Waals surface area (Å²) in [5.74, 6) is -2.86. The molecule has 1 amide bonds. The van der Waals surface area contributed by atoms with E-state index in [1.54, 1.807) is 6.07 Å². The first-order chi connectivity index (χ1) is 16.8. The van der Waals surface area contributed by atoms with Gasteiger partial charge in [0, 0.05) is 17.3 Å². The third-order valence-corrected chi connectivity index (χ3v) is 5.94. The van der Waals surface area contributed by atoms with Gasteiger partial charge >= 0.3 is 0 Å². The highest BCUT2D eigenvalue weighted by atomic mass is 35.5. The van der Waals surface area contributed by atoms with E-state index < -0.39 is 29.3 Å². The molecule has 3 aromatic carbocycles. The Balaban J connectivity index is 2.00. The van der Waals surface area contributed by atoms with Crippen LogP contribution in [-0.4, -0.2) is 31.0 Å². The van der Waals surface area contributed by atoms with Crippen LogP contribution >= 0.6 is 11.6 Å². The lowest BCUT2D eigenvalue weighted by Gasteiger charge is -2.26. The second-order valence-corrected chi connectivity index (χ2v) is 7.94. The SMILES string of the molecule is COc1cc(OC)c(/C(O)=C2\C(=O)C(=O)N(c3ccc(C#N)cc3)C2c2ccccc2F)cc1Cl.